The monoisotopic (exact) mass is 200 g/mol. The van der Waals surface area contributed by atoms with Gasteiger partial charge in [0.2, 0.25) is 0 Å². The van der Waals surface area contributed by atoms with Crippen LogP contribution in [-0.2, 0) is 0 Å². The van der Waals surface area contributed by atoms with Gasteiger partial charge in [-0.05, 0) is 17.7 Å². The number of alkyl halides is 3. The third-order valence-electron chi connectivity index (χ3n) is 1.70. The van der Waals surface area contributed by atoms with Gasteiger partial charge >= 0.3 is 6.18 Å². The van der Waals surface area contributed by atoms with Crippen LogP contribution in [0.15, 0.2) is 24.3 Å². The number of aliphatic hydroxyl groups is 1. The van der Waals surface area contributed by atoms with Gasteiger partial charge in [-0.15, -0.1) is 6.42 Å². The maximum absolute atomic E-state index is 12.0. The van der Waals surface area contributed by atoms with Crippen LogP contribution < -0.4 is 0 Å². The summed E-state index contributed by atoms with van der Waals surface area (Å²) in [5.41, 5.74) is 0.264. The zero-order chi connectivity index (χ0) is 10.8. The van der Waals surface area contributed by atoms with Gasteiger partial charge in [-0.3, -0.25) is 0 Å². The normalized spacial score (nSPS) is 13.4. The third kappa shape index (κ3) is 2.27. The largest absolute Gasteiger partial charge is 0.418 e. The van der Waals surface area contributed by atoms with Gasteiger partial charge in [-0.25, -0.2) is 0 Å². The summed E-state index contributed by atoms with van der Waals surface area (Å²) in [6.07, 6.45) is -2.06. The molecule has 1 aromatic carbocycles. The fourth-order valence-corrected chi connectivity index (χ4v) is 0.951. The van der Waals surface area contributed by atoms with Gasteiger partial charge < -0.3 is 5.11 Å². The molecule has 1 unspecified atom stereocenters. The van der Waals surface area contributed by atoms with Gasteiger partial charge in [0.15, 0.2) is 6.10 Å². The maximum Gasteiger partial charge on any atom is 0.418 e. The van der Waals surface area contributed by atoms with Gasteiger partial charge in [0, 0.05) is 5.56 Å². The predicted octanol–water partition coefficient (Wildman–Crippen LogP) is 2.26. The molecular formula is C10H7F3O. The number of benzene rings is 1. The molecule has 1 N–H and O–H groups in total. The Morgan fingerprint density at radius 3 is 2.07 bits per heavy atom. The Hall–Kier alpha value is -1.47. The molecule has 0 aliphatic carbocycles. The standard InChI is InChI=1S/C10H7F3O/c1-2-7-3-5-8(6-4-7)9(14)10(11,12)13/h1,3-6,9,14H. The van der Waals surface area contributed by atoms with Gasteiger partial charge in [0.1, 0.15) is 0 Å². The van der Waals surface area contributed by atoms with Crippen molar-refractivity contribution >= 4 is 0 Å². The Labute approximate surface area is 79.2 Å². The van der Waals surface area contributed by atoms with Gasteiger partial charge in [0.25, 0.3) is 0 Å². The fraction of sp³-hybridized carbons (Fsp3) is 0.200. The molecule has 0 bridgehead atoms. The van der Waals surface area contributed by atoms with Crippen molar-refractivity contribution in [2.24, 2.45) is 0 Å². The van der Waals surface area contributed by atoms with Crippen molar-refractivity contribution in [3.05, 3.63) is 35.4 Å². The highest BCUT2D eigenvalue weighted by molar-refractivity contribution is 5.35. The zero-order valence-corrected chi connectivity index (χ0v) is 7.05. The minimum Gasteiger partial charge on any atom is -0.379 e. The first kappa shape index (κ1) is 10.6. The van der Waals surface area contributed by atoms with E-state index >= 15 is 0 Å². The predicted molar refractivity (Wildman–Crippen MR) is 45.4 cm³/mol. The SMILES string of the molecule is C#Cc1ccc(C(O)C(F)(F)F)cc1. The Balaban J connectivity index is 2.94. The molecule has 0 radical (unpaired) electrons. The summed E-state index contributed by atoms with van der Waals surface area (Å²) in [7, 11) is 0. The van der Waals surface area contributed by atoms with E-state index in [2.05, 4.69) is 5.92 Å². The first-order chi connectivity index (χ1) is 6.45. The summed E-state index contributed by atoms with van der Waals surface area (Å²) in [6, 6.07) is 5.02. The minimum atomic E-state index is -4.64. The first-order valence-corrected chi connectivity index (χ1v) is 3.76. The lowest BCUT2D eigenvalue weighted by Crippen LogP contribution is -2.19. The molecule has 14 heavy (non-hydrogen) atoms. The molecule has 0 spiro atoms. The van der Waals surface area contributed by atoms with E-state index in [-0.39, 0.29) is 5.56 Å². The van der Waals surface area contributed by atoms with Crippen molar-refractivity contribution in [1.29, 1.82) is 0 Å². The number of hydrogen-bond acceptors (Lipinski definition) is 1. The summed E-state index contributed by atoms with van der Waals surface area (Å²) in [5, 5.41) is 8.84. The lowest BCUT2D eigenvalue weighted by Gasteiger charge is -2.14. The van der Waals surface area contributed by atoms with Gasteiger partial charge in [0.05, 0.1) is 0 Å². The zero-order valence-electron chi connectivity index (χ0n) is 7.05. The highest BCUT2D eigenvalue weighted by Gasteiger charge is 2.39. The fourth-order valence-electron chi connectivity index (χ4n) is 0.951. The topological polar surface area (TPSA) is 20.2 Å². The van der Waals surface area contributed by atoms with Crippen LogP contribution in [0.4, 0.5) is 13.2 Å². The molecule has 0 fully saturated rings. The first-order valence-electron chi connectivity index (χ1n) is 3.76. The van der Waals surface area contributed by atoms with E-state index in [4.69, 9.17) is 11.5 Å². The molecule has 0 heterocycles. The Bertz CT molecular complexity index is 345. The molecule has 1 rings (SSSR count). The molecule has 0 amide bonds. The van der Waals surface area contributed by atoms with Crippen LogP contribution in [0.3, 0.4) is 0 Å². The molecule has 0 aliphatic rings. The second-order valence-corrected chi connectivity index (χ2v) is 2.71. The molecule has 0 saturated carbocycles. The third-order valence-corrected chi connectivity index (χ3v) is 1.70. The van der Waals surface area contributed by atoms with Crippen LogP contribution >= 0.6 is 0 Å². The van der Waals surface area contributed by atoms with Gasteiger partial charge in [-0.2, -0.15) is 13.2 Å². The molecule has 74 valence electrons. The number of rotatable bonds is 1. The van der Waals surface area contributed by atoms with E-state index < -0.39 is 12.3 Å². The summed E-state index contributed by atoms with van der Waals surface area (Å²) >= 11 is 0. The van der Waals surface area contributed by atoms with Crippen LogP contribution in [0.2, 0.25) is 0 Å². The number of hydrogen-bond donors (Lipinski definition) is 1. The van der Waals surface area contributed by atoms with E-state index in [1.807, 2.05) is 0 Å². The van der Waals surface area contributed by atoms with Crippen LogP contribution in [0, 0.1) is 12.3 Å². The van der Waals surface area contributed by atoms with Gasteiger partial charge in [-0.1, -0.05) is 18.1 Å². The summed E-state index contributed by atoms with van der Waals surface area (Å²) < 4.78 is 36.1. The molecule has 1 aromatic rings. The average Bonchev–Trinajstić information content (AvgIpc) is 2.15. The molecule has 0 aromatic heterocycles. The van der Waals surface area contributed by atoms with Crippen molar-refractivity contribution in [2.45, 2.75) is 12.3 Å². The molecule has 1 atom stereocenters. The number of terminal acetylenes is 1. The Morgan fingerprint density at radius 1 is 1.21 bits per heavy atom. The Morgan fingerprint density at radius 2 is 1.71 bits per heavy atom. The number of halogens is 3. The quantitative estimate of drug-likeness (QED) is 0.689. The smallest absolute Gasteiger partial charge is 0.379 e. The average molecular weight is 200 g/mol. The lowest BCUT2D eigenvalue weighted by molar-refractivity contribution is -0.206. The maximum atomic E-state index is 12.0. The van der Waals surface area contributed by atoms with Crippen LogP contribution in [0.5, 0.6) is 0 Å². The summed E-state index contributed by atoms with van der Waals surface area (Å²) in [5.74, 6) is 2.27. The minimum absolute atomic E-state index is 0.212. The van der Waals surface area contributed by atoms with Crippen molar-refractivity contribution in [3.8, 4) is 12.3 Å². The van der Waals surface area contributed by atoms with E-state index in [0.717, 1.165) is 12.1 Å². The van der Waals surface area contributed by atoms with E-state index in [1.165, 1.54) is 12.1 Å². The lowest BCUT2D eigenvalue weighted by atomic mass is 10.1. The molecular weight excluding hydrogens is 193 g/mol. The second-order valence-electron chi connectivity index (χ2n) is 2.71. The van der Waals surface area contributed by atoms with Crippen LogP contribution in [0.1, 0.15) is 17.2 Å². The van der Waals surface area contributed by atoms with Crippen molar-refractivity contribution in [2.75, 3.05) is 0 Å². The van der Waals surface area contributed by atoms with E-state index in [0.29, 0.717) is 5.56 Å². The van der Waals surface area contributed by atoms with E-state index in [9.17, 15) is 13.2 Å². The van der Waals surface area contributed by atoms with Crippen molar-refractivity contribution < 1.29 is 18.3 Å². The highest BCUT2D eigenvalue weighted by atomic mass is 19.4. The molecule has 0 aliphatic heterocycles. The van der Waals surface area contributed by atoms with Crippen LogP contribution in [-0.4, -0.2) is 11.3 Å². The molecule has 0 saturated heterocycles. The second kappa shape index (κ2) is 3.72. The summed E-state index contributed by atoms with van der Waals surface area (Å²) in [6.45, 7) is 0. The molecule has 1 nitrogen and oxygen atoms in total. The van der Waals surface area contributed by atoms with Crippen molar-refractivity contribution in [3.63, 3.8) is 0 Å². The highest BCUT2D eigenvalue weighted by Crippen LogP contribution is 2.32. The Kier molecular flexibility index (Phi) is 2.82. The summed E-state index contributed by atoms with van der Waals surface area (Å²) in [4.78, 5) is 0. The van der Waals surface area contributed by atoms with Crippen molar-refractivity contribution in [1.82, 2.24) is 0 Å². The molecule has 4 heteroatoms. The van der Waals surface area contributed by atoms with E-state index in [1.54, 1.807) is 0 Å². The van der Waals surface area contributed by atoms with Crippen LogP contribution in [0.25, 0.3) is 0 Å². The number of aliphatic hydroxyl groups excluding tert-OH is 1.